The molecule has 168 valence electrons. The number of methoxy groups -OCH3 is 1. The topological polar surface area (TPSA) is 145 Å². The van der Waals surface area contributed by atoms with Gasteiger partial charge < -0.3 is 20.7 Å². The van der Waals surface area contributed by atoms with Gasteiger partial charge in [0.15, 0.2) is 28.9 Å². The molecule has 0 aliphatic rings. The number of hydrogen-bond acceptors (Lipinski definition) is 10. The van der Waals surface area contributed by atoms with Crippen LogP contribution in [-0.4, -0.2) is 54.9 Å². The number of nitrogens with zero attached hydrogens (tertiary/aromatic N) is 7. The van der Waals surface area contributed by atoms with Gasteiger partial charge >= 0.3 is 0 Å². The first-order valence-corrected chi connectivity index (χ1v) is 9.75. The van der Waals surface area contributed by atoms with E-state index in [2.05, 4.69) is 40.9 Å². The first-order chi connectivity index (χ1) is 17.1. The Morgan fingerprint density at radius 2 is 1.97 bits per heavy atom. The van der Waals surface area contributed by atoms with Crippen molar-refractivity contribution in [1.29, 1.82) is 0 Å². The summed E-state index contributed by atoms with van der Waals surface area (Å²) in [5.74, 6) is 0.473. The molecular weight excluding hydrogens is 448 g/mol. The molecular formula is C20H19ClN10O2. The average Bonchev–Trinajstić information content (AvgIpc) is 3.24. The smallest absolute Gasteiger partial charge is 0.273 e. The number of carbonyl (C=O) groups excluding carboxylic acids is 1. The Bertz CT molecular complexity index is 1410. The maximum atomic E-state index is 12.7. The van der Waals surface area contributed by atoms with Crippen molar-refractivity contribution in [2.75, 3.05) is 24.7 Å². The molecule has 0 bridgehead atoms. The standard InChI is InChI=1S/C20H19ClN10O2/c1-22-20(32)16-13(9-15(28-29-16)27-14-8-11(21)4-6-23-14)26-19-17(33-3)12(5-7-24-19)18-25-10-31(2)30-18/h4-10H,1-3H3,(H,22,32)(H2,23,24,26,27,28)/i1D3. The molecule has 13 heteroatoms. The van der Waals surface area contributed by atoms with Crippen LogP contribution in [0.25, 0.3) is 11.4 Å². The van der Waals surface area contributed by atoms with Crippen LogP contribution in [0.15, 0.2) is 43.0 Å². The van der Waals surface area contributed by atoms with Gasteiger partial charge in [0.25, 0.3) is 5.91 Å². The van der Waals surface area contributed by atoms with E-state index in [9.17, 15) is 4.79 Å². The zero-order valence-electron chi connectivity index (χ0n) is 20.4. The Hall–Kier alpha value is -4.32. The molecule has 3 N–H and O–H groups in total. The van der Waals surface area contributed by atoms with Gasteiger partial charge in [0.05, 0.1) is 18.4 Å². The van der Waals surface area contributed by atoms with Crippen molar-refractivity contribution in [2.45, 2.75) is 0 Å². The number of halogens is 1. The van der Waals surface area contributed by atoms with Crippen molar-refractivity contribution in [3.05, 3.63) is 53.7 Å². The number of hydrogen-bond donors (Lipinski definition) is 3. The maximum absolute atomic E-state index is 12.7. The number of nitrogens with one attached hydrogen (secondary N) is 3. The van der Waals surface area contributed by atoms with Crippen LogP contribution >= 0.6 is 11.6 Å². The number of rotatable bonds is 7. The Morgan fingerprint density at radius 3 is 2.70 bits per heavy atom. The van der Waals surface area contributed by atoms with Gasteiger partial charge in [-0.25, -0.2) is 15.0 Å². The van der Waals surface area contributed by atoms with Crippen molar-refractivity contribution in [3.8, 4) is 17.1 Å². The molecule has 0 spiro atoms. The Kier molecular flexibility index (Phi) is 5.23. The SMILES string of the molecule is [2H]C([2H])([2H])NC(=O)c1nnc(Nc2cc(Cl)ccn2)cc1Nc1nccc(-c2ncn(C)n2)c1OC. The largest absolute Gasteiger partial charge is 0.492 e. The predicted molar refractivity (Wildman–Crippen MR) is 122 cm³/mol. The fourth-order valence-electron chi connectivity index (χ4n) is 2.89. The first kappa shape index (κ1) is 18.3. The third-order valence-corrected chi connectivity index (χ3v) is 4.54. The van der Waals surface area contributed by atoms with E-state index in [0.29, 0.717) is 22.2 Å². The molecule has 0 atom stereocenters. The lowest BCUT2D eigenvalue weighted by molar-refractivity contribution is 0.0958. The minimum Gasteiger partial charge on any atom is -0.492 e. The highest BCUT2D eigenvalue weighted by molar-refractivity contribution is 6.30. The number of aryl methyl sites for hydroxylation is 1. The van der Waals surface area contributed by atoms with E-state index in [1.54, 1.807) is 25.2 Å². The lowest BCUT2D eigenvalue weighted by atomic mass is 10.2. The molecule has 12 nitrogen and oxygen atoms in total. The minimum atomic E-state index is -2.74. The van der Waals surface area contributed by atoms with Gasteiger partial charge in [0.1, 0.15) is 12.1 Å². The quantitative estimate of drug-likeness (QED) is 0.369. The van der Waals surface area contributed by atoms with Crippen LogP contribution in [0.3, 0.4) is 0 Å². The van der Waals surface area contributed by atoms with Crippen LogP contribution < -0.4 is 20.7 Å². The summed E-state index contributed by atoms with van der Waals surface area (Å²) in [6.45, 7) is -2.74. The van der Waals surface area contributed by atoms with E-state index in [1.165, 1.54) is 36.6 Å². The van der Waals surface area contributed by atoms with Crippen LogP contribution in [0, 0.1) is 0 Å². The van der Waals surface area contributed by atoms with E-state index in [-0.39, 0.29) is 28.8 Å². The summed E-state index contributed by atoms with van der Waals surface area (Å²) in [6, 6.07) is 6.29. The van der Waals surface area contributed by atoms with Crippen LogP contribution in [0.5, 0.6) is 5.75 Å². The second-order valence-electron chi connectivity index (χ2n) is 6.54. The van der Waals surface area contributed by atoms with Gasteiger partial charge in [-0.3, -0.25) is 9.48 Å². The lowest BCUT2D eigenvalue weighted by Gasteiger charge is -2.15. The van der Waals surface area contributed by atoms with Gasteiger partial charge in [-0.2, -0.15) is 5.10 Å². The monoisotopic (exact) mass is 469 g/mol. The van der Waals surface area contributed by atoms with Crippen molar-refractivity contribution in [3.63, 3.8) is 0 Å². The zero-order valence-corrected chi connectivity index (χ0v) is 18.1. The second-order valence-corrected chi connectivity index (χ2v) is 6.97. The summed E-state index contributed by atoms with van der Waals surface area (Å²) < 4.78 is 29.2. The number of amides is 1. The van der Waals surface area contributed by atoms with Gasteiger partial charge in [0, 0.05) is 41.6 Å². The number of carbonyl (C=O) groups is 1. The van der Waals surface area contributed by atoms with Gasteiger partial charge in [-0.15, -0.1) is 10.2 Å². The summed E-state index contributed by atoms with van der Waals surface area (Å²) in [7, 11) is 3.17. The molecule has 0 unspecified atom stereocenters. The molecule has 0 aliphatic heterocycles. The normalized spacial score (nSPS) is 12.3. The predicted octanol–water partition coefficient (Wildman–Crippen LogP) is 2.57. The number of anilines is 4. The summed E-state index contributed by atoms with van der Waals surface area (Å²) in [4.78, 5) is 25.4. The molecule has 0 fully saturated rings. The fourth-order valence-corrected chi connectivity index (χ4v) is 3.05. The fraction of sp³-hybridized carbons (Fsp3) is 0.150. The van der Waals surface area contributed by atoms with E-state index in [4.69, 9.17) is 20.5 Å². The van der Waals surface area contributed by atoms with Crippen molar-refractivity contribution >= 4 is 40.6 Å². The summed E-state index contributed by atoms with van der Waals surface area (Å²) >= 11 is 6.01. The number of ether oxygens (including phenoxy) is 1. The second kappa shape index (κ2) is 9.44. The van der Waals surface area contributed by atoms with Crippen LogP contribution in [0.2, 0.25) is 5.02 Å². The molecule has 4 rings (SSSR count). The van der Waals surface area contributed by atoms with Gasteiger partial charge in [-0.05, 0) is 18.2 Å². The van der Waals surface area contributed by atoms with Gasteiger partial charge in [-0.1, -0.05) is 11.6 Å². The third-order valence-electron chi connectivity index (χ3n) is 4.30. The number of aromatic nitrogens is 7. The zero-order chi connectivity index (χ0) is 25.9. The minimum absolute atomic E-state index is 0.0909. The maximum Gasteiger partial charge on any atom is 0.273 e. The molecule has 1 amide bonds. The molecule has 4 aromatic rings. The Morgan fingerprint density at radius 1 is 1.12 bits per heavy atom. The van der Waals surface area contributed by atoms with Crippen LogP contribution in [-0.2, 0) is 7.05 Å². The lowest BCUT2D eigenvalue weighted by Crippen LogP contribution is -2.21. The Labute approximate surface area is 197 Å². The van der Waals surface area contributed by atoms with Gasteiger partial charge in [0.2, 0.25) is 0 Å². The van der Waals surface area contributed by atoms with Crippen molar-refractivity contribution < 1.29 is 13.6 Å². The average molecular weight is 470 g/mol. The van der Waals surface area contributed by atoms with E-state index in [0.717, 1.165) is 0 Å². The highest BCUT2D eigenvalue weighted by atomic mass is 35.5. The molecule has 0 radical (unpaired) electrons. The van der Waals surface area contributed by atoms with Crippen molar-refractivity contribution in [2.24, 2.45) is 7.05 Å². The third kappa shape index (κ3) is 4.80. The van der Waals surface area contributed by atoms with E-state index in [1.807, 2.05) is 5.32 Å². The molecule has 0 saturated heterocycles. The molecule has 0 aromatic carbocycles. The molecule has 0 aliphatic carbocycles. The summed E-state index contributed by atoms with van der Waals surface area (Å²) in [5, 5.41) is 20.4. The molecule has 4 heterocycles. The highest BCUT2D eigenvalue weighted by Gasteiger charge is 2.20. The molecule has 33 heavy (non-hydrogen) atoms. The summed E-state index contributed by atoms with van der Waals surface area (Å²) in [6.07, 6.45) is 4.54. The first-order valence-electron chi connectivity index (χ1n) is 10.9. The van der Waals surface area contributed by atoms with Crippen molar-refractivity contribution in [1.82, 2.24) is 40.2 Å². The summed E-state index contributed by atoms with van der Waals surface area (Å²) in [5.41, 5.74) is 0.335. The highest BCUT2D eigenvalue weighted by Crippen LogP contribution is 2.35. The van der Waals surface area contributed by atoms with E-state index < -0.39 is 12.9 Å². The van der Waals surface area contributed by atoms with E-state index >= 15 is 0 Å². The molecule has 4 aromatic heterocycles. The number of pyridine rings is 2. The molecule has 0 saturated carbocycles. The Balaban J connectivity index is 1.75. The van der Waals surface area contributed by atoms with Crippen LogP contribution in [0.1, 0.15) is 14.6 Å². The van der Waals surface area contributed by atoms with Crippen LogP contribution in [0.4, 0.5) is 23.1 Å².